The summed E-state index contributed by atoms with van der Waals surface area (Å²) in [5, 5.41) is 2.85. The zero-order valence-electron chi connectivity index (χ0n) is 25.0. The molecule has 43 heavy (non-hydrogen) atoms. The average Bonchev–Trinajstić information content (AvgIpc) is 3.06. The zero-order chi connectivity index (χ0) is 30.4. The molecule has 1 fully saturated rings. The fourth-order valence-corrected chi connectivity index (χ4v) is 5.91. The van der Waals surface area contributed by atoms with Gasteiger partial charge in [-0.2, -0.15) is 0 Å². The molecule has 0 bridgehead atoms. The van der Waals surface area contributed by atoms with E-state index >= 15 is 4.39 Å². The summed E-state index contributed by atoms with van der Waals surface area (Å²) in [4.78, 5) is 37.3. The Morgan fingerprint density at radius 3 is 2.26 bits per heavy atom. The summed E-state index contributed by atoms with van der Waals surface area (Å²) in [6.07, 6.45) is 3.40. The highest BCUT2D eigenvalue weighted by atomic mass is 19.1. The van der Waals surface area contributed by atoms with E-state index in [9.17, 15) is 9.59 Å². The highest BCUT2D eigenvalue weighted by molar-refractivity contribution is 6.08. The van der Waals surface area contributed by atoms with E-state index in [1.54, 1.807) is 36.7 Å². The van der Waals surface area contributed by atoms with E-state index in [1.807, 2.05) is 85.2 Å². The lowest BCUT2D eigenvalue weighted by atomic mass is 9.87. The molecule has 4 aromatic rings. The van der Waals surface area contributed by atoms with Crippen molar-refractivity contribution in [1.82, 2.24) is 14.8 Å². The molecule has 2 heterocycles. The van der Waals surface area contributed by atoms with Gasteiger partial charge in [-0.25, -0.2) is 4.39 Å². The lowest BCUT2D eigenvalue weighted by Gasteiger charge is -2.47. The summed E-state index contributed by atoms with van der Waals surface area (Å²) in [5.74, 6) is -0.649. The summed E-state index contributed by atoms with van der Waals surface area (Å²) >= 11 is 0. The third-order valence-electron chi connectivity index (χ3n) is 8.41. The summed E-state index contributed by atoms with van der Waals surface area (Å²) in [5.41, 5.74) is 3.06. The quantitative estimate of drug-likeness (QED) is 0.262. The Morgan fingerprint density at radius 2 is 1.60 bits per heavy atom. The Balaban J connectivity index is 1.30. The van der Waals surface area contributed by atoms with Crippen LogP contribution in [0.3, 0.4) is 0 Å². The van der Waals surface area contributed by atoms with E-state index in [0.29, 0.717) is 56.2 Å². The second-order valence-corrected chi connectivity index (χ2v) is 10.8. The number of nitrogens with one attached hydrogen (secondary N) is 1. The third kappa shape index (κ3) is 6.15. The van der Waals surface area contributed by atoms with E-state index < -0.39 is 11.4 Å². The highest BCUT2D eigenvalue weighted by Gasteiger charge is 2.44. The molecule has 1 saturated heterocycles. The number of amides is 2. The van der Waals surface area contributed by atoms with Gasteiger partial charge < -0.3 is 15.1 Å². The van der Waals surface area contributed by atoms with Gasteiger partial charge in [0.15, 0.2) is 0 Å². The lowest BCUT2D eigenvalue weighted by Crippen LogP contribution is -2.60. The zero-order valence-corrected chi connectivity index (χ0v) is 25.0. The van der Waals surface area contributed by atoms with Crippen LogP contribution in [0.25, 0.3) is 11.1 Å². The minimum atomic E-state index is -0.821. The van der Waals surface area contributed by atoms with Crippen molar-refractivity contribution in [3.63, 3.8) is 0 Å². The van der Waals surface area contributed by atoms with Gasteiger partial charge in [-0.15, -0.1) is 0 Å². The number of anilines is 2. The molecule has 1 unspecified atom stereocenters. The van der Waals surface area contributed by atoms with E-state index in [4.69, 9.17) is 0 Å². The number of nitrogens with zero attached hydrogens (tertiary/aromatic N) is 4. The van der Waals surface area contributed by atoms with E-state index in [-0.39, 0.29) is 11.8 Å². The molecule has 5 rings (SSSR count). The van der Waals surface area contributed by atoms with Gasteiger partial charge in [0.05, 0.1) is 5.69 Å². The highest BCUT2D eigenvalue weighted by Crippen LogP contribution is 2.33. The number of carbonyl (C=O) groups excluding carboxylic acids is 2. The predicted molar refractivity (Wildman–Crippen MR) is 170 cm³/mol. The van der Waals surface area contributed by atoms with Gasteiger partial charge in [0.2, 0.25) is 5.91 Å². The predicted octanol–water partition coefficient (Wildman–Crippen LogP) is 6.05. The lowest BCUT2D eigenvalue weighted by molar-refractivity contribution is -0.144. The Bertz CT molecular complexity index is 1550. The van der Waals surface area contributed by atoms with Crippen LogP contribution in [0.15, 0.2) is 97.3 Å². The van der Waals surface area contributed by atoms with Gasteiger partial charge in [0.25, 0.3) is 5.91 Å². The van der Waals surface area contributed by atoms with Crippen molar-refractivity contribution in [3.8, 4) is 11.1 Å². The Labute approximate surface area is 253 Å². The number of halogens is 1. The molecule has 0 aliphatic carbocycles. The van der Waals surface area contributed by atoms with Crippen LogP contribution in [0.2, 0.25) is 0 Å². The molecule has 7 nitrogen and oxygen atoms in total. The van der Waals surface area contributed by atoms with Crippen molar-refractivity contribution >= 4 is 23.2 Å². The molecular formula is C35H38FN5O2. The molecule has 0 saturated carbocycles. The first kappa shape index (κ1) is 29.9. The molecule has 0 spiro atoms. The van der Waals surface area contributed by atoms with Crippen LogP contribution in [0.5, 0.6) is 0 Å². The molecule has 222 valence electrons. The van der Waals surface area contributed by atoms with Crippen molar-refractivity contribution < 1.29 is 14.0 Å². The maximum atomic E-state index is 15.5. The van der Waals surface area contributed by atoms with Crippen LogP contribution in [-0.4, -0.2) is 65.9 Å². The van der Waals surface area contributed by atoms with Gasteiger partial charge in [0.1, 0.15) is 11.4 Å². The molecule has 1 atom stereocenters. The summed E-state index contributed by atoms with van der Waals surface area (Å²) < 4.78 is 15.5. The van der Waals surface area contributed by atoms with Gasteiger partial charge in [0, 0.05) is 68.5 Å². The molecule has 1 aromatic heterocycles. The first-order chi connectivity index (χ1) is 20.9. The Kier molecular flexibility index (Phi) is 9.16. The monoisotopic (exact) mass is 579 g/mol. The maximum Gasteiger partial charge on any atom is 0.256 e. The summed E-state index contributed by atoms with van der Waals surface area (Å²) in [7, 11) is 0. The van der Waals surface area contributed by atoms with Crippen LogP contribution in [0.4, 0.5) is 15.8 Å². The minimum Gasteiger partial charge on any atom is -0.367 e. The Hall–Kier alpha value is -4.56. The molecule has 0 radical (unpaired) electrons. The first-order valence-corrected chi connectivity index (χ1v) is 14.8. The number of hydrogen-bond donors (Lipinski definition) is 1. The van der Waals surface area contributed by atoms with Crippen LogP contribution < -0.4 is 10.2 Å². The van der Waals surface area contributed by atoms with E-state index in [0.717, 1.165) is 16.7 Å². The van der Waals surface area contributed by atoms with Gasteiger partial charge >= 0.3 is 0 Å². The van der Waals surface area contributed by atoms with Gasteiger partial charge in [-0.05, 0) is 62.2 Å². The smallest absolute Gasteiger partial charge is 0.256 e. The second kappa shape index (κ2) is 13.2. The normalized spacial score (nSPS) is 15.0. The van der Waals surface area contributed by atoms with Crippen molar-refractivity contribution in [1.29, 1.82) is 0 Å². The third-order valence-corrected chi connectivity index (χ3v) is 8.41. The molecule has 8 heteroatoms. The van der Waals surface area contributed by atoms with Crippen molar-refractivity contribution in [2.75, 3.05) is 49.5 Å². The van der Waals surface area contributed by atoms with E-state index in [2.05, 4.69) is 15.2 Å². The molecule has 3 aromatic carbocycles. The number of rotatable bonds is 9. The number of benzene rings is 3. The fourth-order valence-electron chi connectivity index (χ4n) is 5.91. The largest absolute Gasteiger partial charge is 0.367 e. The number of hydrogen-bond acceptors (Lipinski definition) is 5. The summed E-state index contributed by atoms with van der Waals surface area (Å²) in [6.45, 7) is 9.61. The van der Waals surface area contributed by atoms with Crippen molar-refractivity contribution in [3.05, 3.63) is 114 Å². The van der Waals surface area contributed by atoms with Gasteiger partial charge in [-0.3, -0.25) is 19.5 Å². The van der Waals surface area contributed by atoms with Crippen LogP contribution in [0, 0.1) is 5.82 Å². The second-order valence-electron chi connectivity index (χ2n) is 10.8. The molecule has 2 amide bonds. The molecule has 1 aliphatic rings. The van der Waals surface area contributed by atoms with Crippen molar-refractivity contribution in [2.24, 2.45) is 0 Å². The number of aromatic nitrogens is 1. The first-order valence-electron chi connectivity index (χ1n) is 14.8. The SMILES string of the molecule is CCN(CC)C(=O)C(C)(c1ccccc1)N1CCN(c2ccc(NC(=O)c3ccccc3-c3cccnc3)cc2F)CC1. The number of likely N-dealkylation sites (N-methyl/N-ethyl adjacent to an activating group) is 1. The van der Waals surface area contributed by atoms with E-state index in [1.165, 1.54) is 6.07 Å². The number of carbonyl (C=O) groups is 2. The standard InChI is InChI=1S/C35H38FN5O2/c1-4-39(5-2)34(43)35(3,27-13-7-6-8-14-27)41-22-20-40(21-23-41)32-18-17-28(24-31(32)36)38-33(42)30-16-10-9-15-29(30)26-12-11-19-37-25-26/h6-19,24-25H,4-5,20-23H2,1-3H3,(H,38,42). The molecular weight excluding hydrogens is 541 g/mol. The van der Waals surface area contributed by atoms with Gasteiger partial charge in [-0.1, -0.05) is 54.6 Å². The van der Waals surface area contributed by atoms with Crippen molar-refractivity contribution in [2.45, 2.75) is 26.3 Å². The van der Waals surface area contributed by atoms with Crippen LogP contribution in [0.1, 0.15) is 36.7 Å². The number of pyridine rings is 1. The van der Waals surface area contributed by atoms with Crippen LogP contribution in [-0.2, 0) is 10.3 Å². The average molecular weight is 580 g/mol. The fraction of sp³-hybridized carbons (Fsp3) is 0.286. The maximum absolute atomic E-state index is 15.5. The molecule has 1 N–H and O–H groups in total. The Morgan fingerprint density at radius 1 is 0.907 bits per heavy atom. The topological polar surface area (TPSA) is 68.8 Å². The summed E-state index contributed by atoms with van der Waals surface area (Å²) in [6, 6.07) is 25.7. The molecule has 1 aliphatic heterocycles. The minimum absolute atomic E-state index is 0.0773. The van der Waals surface area contributed by atoms with Crippen LogP contribution >= 0.6 is 0 Å². The number of piperazine rings is 1.